The molecule has 2 saturated carbocycles. The first-order chi connectivity index (χ1) is 13.0. The number of nitrogens with two attached hydrogens (primary N) is 1. The maximum atomic E-state index is 12.5. The van der Waals surface area contributed by atoms with Crippen LogP contribution >= 0.6 is 0 Å². The Balaban J connectivity index is 1.21. The molecule has 4 aliphatic rings. The predicted octanol–water partition coefficient (Wildman–Crippen LogP) is 2.38. The van der Waals surface area contributed by atoms with Gasteiger partial charge >= 0.3 is 0 Å². The van der Waals surface area contributed by atoms with Gasteiger partial charge in [0.05, 0.1) is 29.3 Å². The van der Waals surface area contributed by atoms with Gasteiger partial charge in [-0.1, -0.05) is 18.2 Å². The second-order valence-electron chi connectivity index (χ2n) is 8.60. The molecule has 6 rings (SSSR count). The van der Waals surface area contributed by atoms with Crippen LogP contribution in [-0.2, 0) is 9.53 Å². The Hall–Kier alpha value is -1.89. The summed E-state index contributed by atoms with van der Waals surface area (Å²) in [6, 6.07) is 9.69. The number of benzene rings is 1. The average Bonchev–Trinajstić information content (AvgIpc) is 3.25. The van der Waals surface area contributed by atoms with Crippen LogP contribution in [0.2, 0.25) is 0 Å². The normalized spacial score (nSPS) is 31.5. The fraction of sp³-hybridized carbons (Fsp3) is 0.571. The van der Waals surface area contributed by atoms with Crippen LogP contribution in [0.1, 0.15) is 50.8 Å². The summed E-state index contributed by atoms with van der Waals surface area (Å²) in [7, 11) is 0. The summed E-state index contributed by atoms with van der Waals surface area (Å²) in [5.74, 6) is 0.747. The van der Waals surface area contributed by atoms with Crippen molar-refractivity contribution < 1.29 is 13.9 Å². The first-order valence-corrected chi connectivity index (χ1v) is 9.92. The summed E-state index contributed by atoms with van der Waals surface area (Å²) >= 11 is 0. The Morgan fingerprint density at radius 2 is 2.07 bits per heavy atom. The highest BCUT2D eigenvalue weighted by Crippen LogP contribution is 2.66. The maximum Gasteiger partial charge on any atom is 0.234 e. The molecule has 4 N–H and O–H groups in total. The number of hydrogen-bond donors (Lipinski definition) is 3. The van der Waals surface area contributed by atoms with Gasteiger partial charge in [-0.2, -0.15) is 0 Å². The summed E-state index contributed by atoms with van der Waals surface area (Å²) in [4.78, 5) is 12.5. The van der Waals surface area contributed by atoms with E-state index in [4.69, 9.17) is 14.9 Å². The molecule has 1 atom stereocenters. The van der Waals surface area contributed by atoms with Gasteiger partial charge in [0, 0.05) is 11.9 Å². The van der Waals surface area contributed by atoms with E-state index in [1.165, 1.54) is 6.42 Å². The molecule has 3 heterocycles. The minimum atomic E-state index is -0.175. The van der Waals surface area contributed by atoms with Crippen molar-refractivity contribution in [3.8, 4) is 0 Å². The Kier molecular flexibility index (Phi) is 3.70. The second kappa shape index (κ2) is 5.80. The summed E-state index contributed by atoms with van der Waals surface area (Å²) in [6.45, 7) is 2.80. The number of fused-ring (bicyclic) bond motifs is 1. The monoisotopic (exact) mass is 369 g/mol. The third-order valence-corrected chi connectivity index (χ3v) is 6.90. The quantitative estimate of drug-likeness (QED) is 0.727. The van der Waals surface area contributed by atoms with E-state index in [1.54, 1.807) is 0 Å². The fourth-order valence-corrected chi connectivity index (χ4v) is 5.33. The predicted molar refractivity (Wildman–Crippen MR) is 102 cm³/mol. The first-order valence-electron chi connectivity index (χ1n) is 9.92. The molecule has 1 unspecified atom stereocenters. The zero-order chi connectivity index (χ0) is 18.7. The number of carbonyl (C=O) groups is 1. The molecule has 2 aliphatic heterocycles. The zero-order valence-corrected chi connectivity index (χ0v) is 15.7. The maximum absolute atomic E-state index is 12.5. The number of furan rings is 1. The summed E-state index contributed by atoms with van der Waals surface area (Å²) in [5.41, 5.74) is 6.44. The highest BCUT2D eigenvalue weighted by atomic mass is 16.5. The molecule has 2 aliphatic carbocycles. The van der Waals surface area contributed by atoms with Gasteiger partial charge in [-0.15, -0.1) is 0 Å². The van der Waals surface area contributed by atoms with E-state index < -0.39 is 0 Å². The van der Waals surface area contributed by atoms with Crippen molar-refractivity contribution >= 4 is 16.9 Å². The van der Waals surface area contributed by atoms with Crippen molar-refractivity contribution in [1.29, 1.82) is 0 Å². The van der Waals surface area contributed by atoms with Crippen molar-refractivity contribution in [1.82, 2.24) is 10.6 Å². The topological polar surface area (TPSA) is 89.5 Å². The van der Waals surface area contributed by atoms with E-state index >= 15 is 0 Å². The van der Waals surface area contributed by atoms with Gasteiger partial charge in [-0.3, -0.25) is 10.1 Å². The molecule has 0 radical (unpaired) electrons. The largest absolute Gasteiger partial charge is 0.459 e. The lowest BCUT2D eigenvalue weighted by atomic mass is 9.56. The molecule has 2 saturated heterocycles. The standard InChI is InChI=1S/C21H27N3O3/c1-14(17-9-15-5-2-3-6-16(15)26-17)24-18(25)10-23-20-11-19(12-20,13-22)27-21(20)7-4-8-21/h2-3,5-6,9,14,23H,4,7-8,10-13,22H2,1H3,(H,24,25). The Bertz CT molecular complexity index is 847. The van der Waals surface area contributed by atoms with Crippen LogP contribution in [0, 0.1) is 0 Å². The second-order valence-corrected chi connectivity index (χ2v) is 8.60. The number of hydrogen-bond acceptors (Lipinski definition) is 5. The van der Waals surface area contributed by atoms with Crippen LogP contribution in [0.15, 0.2) is 34.7 Å². The van der Waals surface area contributed by atoms with Crippen LogP contribution in [0.3, 0.4) is 0 Å². The highest BCUT2D eigenvalue weighted by molar-refractivity contribution is 5.80. The van der Waals surface area contributed by atoms with Gasteiger partial charge < -0.3 is 20.2 Å². The Morgan fingerprint density at radius 1 is 1.30 bits per heavy atom. The molecule has 1 amide bonds. The Labute approximate surface area is 158 Å². The molecule has 144 valence electrons. The molecule has 2 aromatic rings. The summed E-state index contributed by atoms with van der Waals surface area (Å²) in [5, 5.41) is 7.63. The SMILES string of the molecule is CC(NC(=O)CNC12CC(CN)(C1)OC21CCC1)c1cc2ccccc2o1. The van der Waals surface area contributed by atoms with Gasteiger partial charge in [-0.25, -0.2) is 0 Å². The molecule has 6 heteroatoms. The fourth-order valence-electron chi connectivity index (χ4n) is 5.33. The lowest BCUT2D eigenvalue weighted by Crippen LogP contribution is -2.68. The number of ether oxygens (including phenoxy) is 1. The van der Waals surface area contributed by atoms with Gasteiger partial charge in [0.15, 0.2) is 0 Å². The molecule has 4 fully saturated rings. The number of nitrogens with one attached hydrogen (secondary N) is 2. The van der Waals surface area contributed by atoms with Gasteiger partial charge in [-0.05, 0) is 51.2 Å². The van der Waals surface area contributed by atoms with Gasteiger partial charge in [0.2, 0.25) is 5.91 Å². The van der Waals surface area contributed by atoms with E-state index in [1.807, 2.05) is 37.3 Å². The molecule has 27 heavy (non-hydrogen) atoms. The van der Waals surface area contributed by atoms with E-state index in [9.17, 15) is 4.79 Å². The van der Waals surface area contributed by atoms with Crippen molar-refractivity contribution in [2.45, 2.75) is 61.8 Å². The summed E-state index contributed by atoms with van der Waals surface area (Å²) < 4.78 is 12.2. The van der Waals surface area contributed by atoms with E-state index in [-0.39, 0.29) is 35.2 Å². The first kappa shape index (κ1) is 17.2. The summed E-state index contributed by atoms with van der Waals surface area (Å²) in [6.07, 6.45) is 5.17. The third kappa shape index (κ3) is 2.47. The van der Waals surface area contributed by atoms with E-state index in [0.29, 0.717) is 6.54 Å². The minimum Gasteiger partial charge on any atom is -0.459 e. The molecular formula is C21H27N3O3. The smallest absolute Gasteiger partial charge is 0.234 e. The lowest BCUT2D eigenvalue weighted by Gasteiger charge is -2.52. The molecule has 1 aromatic heterocycles. The van der Waals surface area contributed by atoms with Crippen molar-refractivity contribution in [3.63, 3.8) is 0 Å². The molecule has 1 aromatic carbocycles. The number of amides is 1. The number of carbonyl (C=O) groups excluding carboxylic acids is 1. The van der Waals surface area contributed by atoms with E-state index in [0.717, 1.165) is 42.4 Å². The van der Waals surface area contributed by atoms with Crippen LogP contribution in [0.5, 0.6) is 0 Å². The third-order valence-electron chi connectivity index (χ3n) is 6.90. The van der Waals surface area contributed by atoms with Crippen LogP contribution < -0.4 is 16.4 Å². The molecule has 2 bridgehead atoms. The van der Waals surface area contributed by atoms with Crippen LogP contribution in [0.25, 0.3) is 11.0 Å². The van der Waals surface area contributed by atoms with Crippen molar-refractivity contribution in [2.24, 2.45) is 5.73 Å². The Morgan fingerprint density at radius 3 is 2.74 bits per heavy atom. The number of rotatable bonds is 6. The zero-order valence-electron chi connectivity index (χ0n) is 15.7. The lowest BCUT2D eigenvalue weighted by molar-refractivity contribution is -0.122. The highest BCUT2D eigenvalue weighted by Gasteiger charge is 2.75. The van der Waals surface area contributed by atoms with Crippen molar-refractivity contribution in [3.05, 3.63) is 36.1 Å². The molecule has 6 nitrogen and oxygen atoms in total. The average molecular weight is 369 g/mol. The van der Waals surface area contributed by atoms with E-state index in [2.05, 4.69) is 10.6 Å². The minimum absolute atomic E-state index is 0.0241. The molecule has 1 spiro atoms. The van der Waals surface area contributed by atoms with Crippen LogP contribution in [-0.4, -0.2) is 35.7 Å². The number of para-hydroxylation sites is 1. The van der Waals surface area contributed by atoms with Crippen LogP contribution in [0.4, 0.5) is 0 Å². The van der Waals surface area contributed by atoms with Gasteiger partial charge in [0.1, 0.15) is 11.3 Å². The van der Waals surface area contributed by atoms with Crippen molar-refractivity contribution in [2.75, 3.05) is 13.1 Å². The van der Waals surface area contributed by atoms with Gasteiger partial charge in [0.25, 0.3) is 0 Å². The molecular weight excluding hydrogens is 342 g/mol.